The van der Waals surface area contributed by atoms with Gasteiger partial charge in [0, 0.05) is 13.1 Å². The summed E-state index contributed by atoms with van der Waals surface area (Å²) in [7, 11) is 0.246. The molecular formula is C32H61N3O6S. The van der Waals surface area contributed by atoms with Crippen molar-refractivity contribution in [1.82, 2.24) is 15.5 Å². The Morgan fingerprint density at radius 3 is 1.93 bits per heavy atom. The van der Waals surface area contributed by atoms with Gasteiger partial charge in [0.2, 0.25) is 11.8 Å². The fourth-order valence-electron chi connectivity index (χ4n) is 6.56. The topological polar surface area (TPSA) is 136 Å². The Morgan fingerprint density at radius 1 is 0.857 bits per heavy atom. The molecule has 2 aliphatic rings. The van der Waals surface area contributed by atoms with Gasteiger partial charge in [0.15, 0.2) is 9.84 Å². The highest BCUT2D eigenvalue weighted by Gasteiger charge is 2.33. The zero-order valence-electron chi connectivity index (χ0n) is 27.0. The van der Waals surface area contributed by atoms with E-state index in [9.17, 15) is 28.2 Å². The van der Waals surface area contributed by atoms with Gasteiger partial charge in [-0.15, -0.1) is 0 Å². The van der Waals surface area contributed by atoms with E-state index in [-0.39, 0.29) is 35.8 Å². The van der Waals surface area contributed by atoms with Crippen LogP contribution < -0.4 is 10.6 Å². The second-order valence-electron chi connectivity index (χ2n) is 14.0. The van der Waals surface area contributed by atoms with Gasteiger partial charge in [-0.25, -0.2) is 8.42 Å². The van der Waals surface area contributed by atoms with Crippen molar-refractivity contribution >= 4 is 21.7 Å². The van der Waals surface area contributed by atoms with Crippen LogP contribution >= 0.6 is 0 Å². The first-order valence-electron chi connectivity index (χ1n) is 16.6. The maximum atomic E-state index is 13.4. The molecule has 0 saturated heterocycles. The normalized spacial score (nSPS) is 21.1. The molecule has 0 radical (unpaired) electrons. The molecule has 2 aliphatic carbocycles. The smallest absolute Gasteiger partial charge is 0.224 e. The zero-order valence-corrected chi connectivity index (χ0v) is 27.8. The lowest BCUT2D eigenvalue weighted by atomic mass is 9.82. The maximum absolute atomic E-state index is 13.4. The Balaban J connectivity index is 2.02. The Labute approximate surface area is 255 Å². The van der Waals surface area contributed by atoms with Crippen LogP contribution in [0.5, 0.6) is 0 Å². The van der Waals surface area contributed by atoms with Gasteiger partial charge >= 0.3 is 0 Å². The van der Waals surface area contributed by atoms with Crippen molar-refractivity contribution in [1.29, 1.82) is 0 Å². The summed E-state index contributed by atoms with van der Waals surface area (Å²) >= 11 is 0. The minimum Gasteiger partial charge on any atom is -0.390 e. The Morgan fingerprint density at radius 2 is 1.40 bits per heavy atom. The fourth-order valence-corrected chi connectivity index (χ4v) is 8.27. The predicted octanol–water partition coefficient (Wildman–Crippen LogP) is 3.52. The molecule has 0 heterocycles. The molecule has 0 unspecified atom stereocenters. The van der Waals surface area contributed by atoms with E-state index in [4.69, 9.17) is 0 Å². The van der Waals surface area contributed by atoms with Crippen molar-refractivity contribution in [3.63, 3.8) is 0 Å². The molecule has 4 N–H and O–H groups in total. The Hall–Kier alpha value is -1.23. The molecule has 42 heavy (non-hydrogen) atoms. The summed E-state index contributed by atoms with van der Waals surface area (Å²) in [4.78, 5) is 28.4. The maximum Gasteiger partial charge on any atom is 0.224 e. The summed E-state index contributed by atoms with van der Waals surface area (Å²) in [5, 5.41) is 27.6. The van der Waals surface area contributed by atoms with Crippen LogP contribution in [-0.2, 0) is 19.4 Å². The molecule has 2 rings (SSSR count). The molecule has 2 fully saturated rings. The zero-order chi connectivity index (χ0) is 31.3. The minimum absolute atomic E-state index is 0.0145. The number of nitrogens with one attached hydrogen (secondary N) is 2. The number of aliphatic hydroxyl groups excluding tert-OH is 2. The van der Waals surface area contributed by atoms with E-state index >= 15 is 0 Å². The molecule has 0 spiro atoms. The standard InChI is InChI=1S/C32H61N3O6S/c1-23(2)18-29(36)30(37)28(20-26-14-10-7-11-15-26)34-31(38)24(3)21-33-32(39)27(19-25-12-8-6-9-13-25)22-42(40,41)17-16-35(4)5/h23-30,36-37H,6-22H2,1-5H3,(H,33,39)(H,34,38)/t24-,27-,28+,29+,30-/m1/s1. The van der Waals surface area contributed by atoms with Gasteiger partial charge in [0.05, 0.1) is 35.5 Å². The lowest BCUT2D eigenvalue weighted by Crippen LogP contribution is -2.52. The van der Waals surface area contributed by atoms with Crippen molar-refractivity contribution < 1.29 is 28.2 Å². The summed E-state index contributed by atoms with van der Waals surface area (Å²) in [5.41, 5.74) is 0. The number of hydrogen-bond acceptors (Lipinski definition) is 7. The molecule has 2 amide bonds. The number of carbonyl (C=O) groups excluding carboxylic acids is 2. The third-order valence-corrected chi connectivity index (χ3v) is 10.9. The van der Waals surface area contributed by atoms with Gasteiger partial charge in [0.1, 0.15) is 6.10 Å². The van der Waals surface area contributed by atoms with Crippen molar-refractivity contribution in [2.45, 2.75) is 122 Å². The first kappa shape index (κ1) is 37.0. The van der Waals surface area contributed by atoms with Crippen LogP contribution in [-0.4, -0.2) is 92.3 Å². The van der Waals surface area contributed by atoms with Crippen molar-refractivity contribution in [2.24, 2.45) is 29.6 Å². The molecule has 0 aromatic rings. The third kappa shape index (κ3) is 14.0. The van der Waals surface area contributed by atoms with Gasteiger partial charge in [0.25, 0.3) is 0 Å². The van der Waals surface area contributed by atoms with Crippen LogP contribution in [0.25, 0.3) is 0 Å². The Kier molecular flexibility index (Phi) is 16.3. The molecule has 246 valence electrons. The quantitative estimate of drug-likeness (QED) is 0.185. The summed E-state index contributed by atoms with van der Waals surface area (Å²) in [6.45, 7) is 6.21. The molecule has 5 atom stereocenters. The van der Waals surface area contributed by atoms with Crippen LogP contribution in [0.1, 0.15) is 104 Å². The van der Waals surface area contributed by atoms with Gasteiger partial charge in [-0.2, -0.15) is 0 Å². The lowest BCUT2D eigenvalue weighted by molar-refractivity contribution is -0.128. The number of amides is 2. The van der Waals surface area contributed by atoms with Gasteiger partial charge in [-0.05, 0) is 51.1 Å². The van der Waals surface area contributed by atoms with Gasteiger partial charge < -0.3 is 25.7 Å². The lowest BCUT2D eigenvalue weighted by Gasteiger charge is -2.33. The van der Waals surface area contributed by atoms with E-state index in [1.54, 1.807) is 6.92 Å². The van der Waals surface area contributed by atoms with Crippen LogP contribution in [0, 0.1) is 29.6 Å². The molecule has 0 aromatic heterocycles. The summed E-state index contributed by atoms with van der Waals surface area (Å²) in [6.07, 6.45) is 10.7. The number of carbonyl (C=O) groups is 2. The van der Waals surface area contributed by atoms with E-state index in [1.165, 1.54) is 12.8 Å². The van der Waals surface area contributed by atoms with Crippen LogP contribution in [0.2, 0.25) is 0 Å². The summed E-state index contributed by atoms with van der Waals surface area (Å²) in [5.74, 6) is -1.00. The predicted molar refractivity (Wildman–Crippen MR) is 169 cm³/mol. The van der Waals surface area contributed by atoms with Crippen molar-refractivity contribution in [2.75, 3.05) is 38.7 Å². The molecule has 0 aromatic carbocycles. The SMILES string of the molecule is CC(C)C[C@H](O)[C@H](O)[C@H](CC1CCCCC1)NC(=O)[C@H](C)CNC(=O)[C@H](CC1CCCCC1)CS(=O)(=O)CCN(C)C. The second-order valence-corrected chi connectivity index (χ2v) is 16.3. The molecule has 10 heteroatoms. The summed E-state index contributed by atoms with van der Waals surface area (Å²) in [6, 6.07) is -0.562. The molecule has 9 nitrogen and oxygen atoms in total. The van der Waals surface area contributed by atoms with E-state index in [1.807, 2.05) is 32.8 Å². The molecular weight excluding hydrogens is 554 g/mol. The monoisotopic (exact) mass is 615 g/mol. The van der Waals surface area contributed by atoms with E-state index < -0.39 is 39.9 Å². The van der Waals surface area contributed by atoms with Crippen LogP contribution in [0.15, 0.2) is 0 Å². The molecule has 0 bridgehead atoms. The van der Waals surface area contributed by atoms with Crippen molar-refractivity contribution in [3.8, 4) is 0 Å². The third-order valence-electron chi connectivity index (χ3n) is 9.21. The molecule has 2 saturated carbocycles. The van der Waals surface area contributed by atoms with Crippen molar-refractivity contribution in [3.05, 3.63) is 0 Å². The van der Waals surface area contributed by atoms with Crippen LogP contribution in [0.3, 0.4) is 0 Å². The van der Waals surface area contributed by atoms with E-state index in [0.29, 0.717) is 37.6 Å². The number of hydrogen-bond donors (Lipinski definition) is 4. The number of nitrogens with zero attached hydrogens (tertiary/aromatic N) is 1. The van der Waals surface area contributed by atoms with E-state index in [0.717, 1.165) is 51.4 Å². The fraction of sp³-hybridized carbons (Fsp3) is 0.938. The molecule has 0 aliphatic heterocycles. The van der Waals surface area contributed by atoms with Gasteiger partial charge in [-0.3, -0.25) is 9.59 Å². The average Bonchev–Trinajstić information content (AvgIpc) is 2.94. The highest BCUT2D eigenvalue weighted by molar-refractivity contribution is 7.91. The van der Waals surface area contributed by atoms with Crippen LogP contribution in [0.4, 0.5) is 0 Å². The largest absolute Gasteiger partial charge is 0.390 e. The number of sulfone groups is 1. The second kappa shape index (κ2) is 18.5. The average molecular weight is 616 g/mol. The first-order chi connectivity index (χ1) is 19.8. The first-order valence-corrected chi connectivity index (χ1v) is 18.4. The Bertz CT molecular complexity index is 900. The van der Waals surface area contributed by atoms with E-state index in [2.05, 4.69) is 10.6 Å². The minimum atomic E-state index is -3.42. The van der Waals surface area contributed by atoms with Gasteiger partial charge in [-0.1, -0.05) is 85.0 Å². The summed E-state index contributed by atoms with van der Waals surface area (Å²) < 4.78 is 25.8. The highest BCUT2D eigenvalue weighted by atomic mass is 32.2. The number of rotatable bonds is 18. The highest BCUT2D eigenvalue weighted by Crippen LogP contribution is 2.31. The number of aliphatic hydroxyl groups is 2.